The molecule has 6 rings (SSSR count). The molecular formula is C30H29N9O2. The molecule has 2 aromatic carbocycles. The Bertz CT molecular complexity index is 1670. The lowest BCUT2D eigenvalue weighted by Crippen LogP contribution is -2.46. The van der Waals surface area contributed by atoms with Crippen molar-refractivity contribution in [3.63, 3.8) is 0 Å². The van der Waals surface area contributed by atoms with Crippen LogP contribution in [0.2, 0.25) is 0 Å². The van der Waals surface area contributed by atoms with Crippen molar-refractivity contribution in [1.29, 1.82) is 5.26 Å². The van der Waals surface area contributed by atoms with Crippen LogP contribution in [-0.4, -0.2) is 69.3 Å². The van der Waals surface area contributed by atoms with Gasteiger partial charge in [-0.05, 0) is 67.2 Å². The molecule has 0 radical (unpaired) electrons. The number of nitriles is 1. The predicted octanol–water partition coefficient (Wildman–Crippen LogP) is 4.74. The van der Waals surface area contributed by atoms with Gasteiger partial charge in [0.15, 0.2) is 5.82 Å². The molecule has 0 amide bonds. The number of rotatable bonds is 8. The van der Waals surface area contributed by atoms with Crippen LogP contribution >= 0.6 is 0 Å². The fourth-order valence-corrected chi connectivity index (χ4v) is 4.84. The molecule has 1 fully saturated rings. The van der Waals surface area contributed by atoms with Crippen molar-refractivity contribution in [2.75, 3.05) is 50.1 Å². The van der Waals surface area contributed by atoms with Crippen LogP contribution in [0.3, 0.4) is 0 Å². The van der Waals surface area contributed by atoms with E-state index in [1.54, 1.807) is 36.2 Å². The second kappa shape index (κ2) is 11.5. The molecule has 0 atom stereocenters. The largest absolute Gasteiger partial charge is 0.497 e. The Morgan fingerprint density at radius 1 is 0.878 bits per heavy atom. The maximum atomic E-state index is 10.4. The zero-order chi connectivity index (χ0) is 28.2. The van der Waals surface area contributed by atoms with Crippen molar-refractivity contribution in [3.8, 4) is 34.6 Å². The Balaban J connectivity index is 1.36. The van der Waals surface area contributed by atoms with E-state index in [1.807, 2.05) is 48.5 Å². The molecular weight excluding hydrogens is 518 g/mol. The number of fused-ring (bicyclic) bond motifs is 1. The average Bonchev–Trinajstić information content (AvgIpc) is 3.43. The first kappa shape index (κ1) is 26.0. The highest BCUT2D eigenvalue weighted by molar-refractivity contribution is 5.76. The zero-order valence-corrected chi connectivity index (χ0v) is 22.9. The van der Waals surface area contributed by atoms with Crippen LogP contribution in [0.1, 0.15) is 12.5 Å². The van der Waals surface area contributed by atoms with Gasteiger partial charge in [-0.3, -0.25) is 4.98 Å². The molecule has 0 saturated carbocycles. The fraction of sp³-hybridized carbons (Fsp3) is 0.233. The number of anilines is 3. The molecule has 0 spiro atoms. The lowest BCUT2D eigenvalue weighted by atomic mass is 10.1. The van der Waals surface area contributed by atoms with Gasteiger partial charge in [-0.2, -0.15) is 19.7 Å². The summed E-state index contributed by atoms with van der Waals surface area (Å²) < 4.78 is 12.9. The Labute approximate surface area is 237 Å². The Morgan fingerprint density at radius 2 is 1.56 bits per heavy atom. The number of pyridine rings is 1. The summed E-state index contributed by atoms with van der Waals surface area (Å²) in [5, 5.41) is 18.4. The van der Waals surface area contributed by atoms with E-state index in [2.05, 4.69) is 33.1 Å². The summed E-state index contributed by atoms with van der Waals surface area (Å²) in [4.78, 5) is 18.1. The highest BCUT2D eigenvalue weighted by atomic mass is 16.5. The predicted molar refractivity (Wildman–Crippen MR) is 156 cm³/mol. The van der Waals surface area contributed by atoms with Crippen LogP contribution in [0.5, 0.6) is 17.2 Å². The third-order valence-corrected chi connectivity index (χ3v) is 7.06. The van der Waals surface area contributed by atoms with Crippen LogP contribution in [-0.2, 0) is 0 Å². The molecule has 0 bridgehead atoms. The first-order valence-electron chi connectivity index (χ1n) is 13.4. The second-order valence-corrected chi connectivity index (χ2v) is 9.50. The summed E-state index contributed by atoms with van der Waals surface area (Å²) in [6, 6.07) is 21.1. The minimum atomic E-state index is 0.368. The molecule has 1 aliphatic heterocycles. The Morgan fingerprint density at radius 3 is 2.22 bits per heavy atom. The van der Waals surface area contributed by atoms with E-state index < -0.39 is 0 Å². The number of piperazine rings is 1. The maximum absolute atomic E-state index is 10.4. The molecule has 1 N–H and O–H groups in total. The third-order valence-electron chi connectivity index (χ3n) is 7.06. The molecule has 0 unspecified atom stereocenters. The van der Waals surface area contributed by atoms with Crippen LogP contribution < -0.4 is 19.7 Å². The average molecular weight is 548 g/mol. The van der Waals surface area contributed by atoms with Crippen LogP contribution in [0.25, 0.3) is 17.0 Å². The van der Waals surface area contributed by atoms with E-state index in [-0.39, 0.29) is 0 Å². The maximum Gasteiger partial charge on any atom is 0.256 e. The number of hydrogen-bond acceptors (Lipinski definition) is 10. The molecule has 0 aliphatic carbocycles. The molecule has 41 heavy (non-hydrogen) atoms. The number of aromatic nitrogens is 5. The second-order valence-electron chi connectivity index (χ2n) is 9.50. The smallest absolute Gasteiger partial charge is 0.256 e. The molecule has 1 aliphatic rings. The van der Waals surface area contributed by atoms with Gasteiger partial charge in [-0.15, -0.1) is 5.10 Å². The Kier molecular flexibility index (Phi) is 7.30. The quantitative estimate of drug-likeness (QED) is 0.292. The number of hydrogen-bond donors (Lipinski definition) is 1. The molecule has 1 saturated heterocycles. The highest BCUT2D eigenvalue weighted by Crippen LogP contribution is 2.32. The topological polar surface area (TPSA) is 117 Å². The zero-order valence-electron chi connectivity index (χ0n) is 22.9. The van der Waals surface area contributed by atoms with Crippen molar-refractivity contribution in [3.05, 3.63) is 78.6 Å². The van der Waals surface area contributed by atoms with Gasteiger partial charge in [0.25, 0.3) is 5.78 Å². The van der Waals surface area contributed by atoms with E-state index in [0.717, 1.165) is 49.7 Å². The Hall–Kier alpha value is -5.21. The van der Waals surface area contributed by atoms with Crippen molar-refractivity contribution in [1.82, 2.24) is 29.5 Å². The van der Waals surface area contributed by atoms with Crippen molar-refractivity contribution < 1.29 is 9.47 Å². The minimum absolute atomic E-state index is 0.368. The van der Waals surface area contributed by atoms with Crippen LogP contribution in [0.15, 0.2) is 73.1 Å². The molecule has 11 nitrogen and oxygen atoms in total. The van der Waals surface area contributed by atoms with E-state index in [9.17, 15) is 5.26 Å². The van der Waals surface area contributed by atoms with Crippen LogP contribution in [0, 0.1) is 11.3 Å². The number of ether oxygens (including phenoxy) is 2. The van der Waals surface area contributed by atoms with E-state index in [1.165, 1.54) is 0 Å². The molecule has 11 heteroatoms. The summed E-state index contributed by atoms with van der Waals surface area (Å²) in [6.07, 6.45) is 3.37. The number of methoxy groups -OCH3 is 1. The van der Waals surface area contributed by atoms with Crippen molar-refractivity contribution in [2.24, 2.45) is 0 Å². The standard InChI is InChI=1S/C30H29N9O2/c1-3-37-16-18-38(19-17-37)28-26(20-31)27(21-4-8-23(40-2)9-5-21)39-30(34-28)35-29(36-39)33-22-6-10-24(11-7-22)41-25-12-14-32-15-13-25/h4-15H,3,16-19H2,1-2H3,(H,33,36). The molecule has 5 aromatic rings. The van der Waals surface area contributed by atoms with Gasteiger partial charge in [-0.1, -0.05) is 6.92 Å². The van der Waals surface area contributed by atoms with Gasteiger partial charge in [0, 0.05) is 49.8 Å². The van der Waals surface area contributed by atoms with Gasteiger partial charge in [0.1, 0.15) is 28.9 Å². The summed E-state index contributed by atoms with van der Waals surface area (Å²) in [5.41, 5.74) is 2.69. The highest BCUT2D eigenvalue weighted by Gasteiger charge is 2.26. The number of nitrogens with zero attached hydrogens (tertiary/aromatic N) is 8. The summed E-state index contributed by atoms with van der Waals surface area (Å²) in [5.74, 6) is 3.53. The lowest BCUT2D eigenvalue weighted by Gasteiger charge is -2.35. The fourth-order valence-electron chi connectivity index (χ4n) is 4.84. The van der Waals surface area contributed by atoms with Gasteiger partial charge in [-0.25, -0.2) is 0 Å². The lowest BCUT2D eigenvalue weighted by molar-refractivity contribution is 0.270. The minimum Gasteiger partial charge on any atom is -0.497 e. The summed E-state index contributed by atoms with van der Waals surface area (Å²) in [7, 11) is 1.63. The van der Waals surface area contributed by atoms with Crippen molar-refractivity contribution >= 4 is 23.2 Å². The molecule has 3 aromatic heterocycles. The molecule has 4 heterocycles. The van der Waals surface area contributed by atoms with Gasteiger partial charge < -0.3 is 24.6 Å². The number of likely N-dealkylation sites (N-methyl/N-ethyl adjacent to an activating group) is 1. The molecule has 206 valence electrons. The third kappa shape index (κ3) is 5.46. The normalized spacial score (nSPS) is 13.6. The monoisotopic (exact) mass is 547 g/mol. The van der Waals surface area contributed by atoms with E-state index in [4.69, 9.17) is 24.5 Å². The first-order chi connectivity index (χ1) is 20.1. The SMILES string of the molecule is CCN1CCN(c2nc3nc(Nc4ccc(Oc5ccncc5)cc4)nn3c(-c3ccc(OC)cc3)c2C#N)CC1. The van der Waals surface area contributed by atoms with Gasteiger partial charge >= 0.3 is 0 Å². The van der Waals surface area contributed by atoms with Gasteiger partial charge in [0.2, 0.25) is 5.95 Å². The van der Waals surface area contributed by atoms with E-state index >= 15 is 0 Å². The summed E-state index contributed by atoms with van der Waals surface area (Å²) in [6.45, 7) is 6.54. The number of nitrogens with one attached hydrogen (secondary N) is 1. The van der Waals surface area contributed by atoms with Crippen molar-refractivity contribution in [2.45, 2.75) is 6.92 Å². The van der Waals surface area contributed by atoms with Gasteiger partial charge in [0.05, 0.1) is 12.8 Å². The summed E-state index contributed by atoms with van der Waals surface area (Å²) >= 11 is 0. The number of benzene rings is 2. The first-order valence-corrected chi connectivity index (χ1v) is 13.4. The van der Waals surface area contributed by atoms with E-state index in [0.29, 0.717) is 40.3 Å². The van der Waals surface area contributed by atoms with Crippen LogP contribution in [0.4, 0.5) is 17.5 Å².